The van der Waals surface area contributed by atoms with Crippen LogP contribution in [0.1, 0.15) is 27.2 Å². The molecule has 0 radical (unpaired) electrons. The molecule has 19 heavy (non-hydrogen) atoms. The summed E-state index contributed by atoms with van der Waals surface area (Å²) < 4.78 is 1.65. The molecule has 0 aliphatic heterocycles. The maximum Gasteiger partial charge on any atom is 0.293 e. The minimum Gasteiger partial charge on any atom is -0.393 e. The van der Waals surface area contributed by atoms with E-state index in [-0.39, 0.29) is 5.56 Å². The summed E-state index contributed by atoms with van der Waals surface area (Å²) in [6.45, 7) is 8.18. The molecule has 0 saturated carbocycles. The first kappa shape index (κ1) is 15.6. The fourth-order valence-corrected chi connectivity index (χ4v) is 1.96. The predicted octanol–water partition coefficient (Wildman–Crippen LogP) is 1.40. The van der Waals surface area contributed by atoms with Gasteiger partial charge in [0.05, 0.1) is 4.99 Å². The second-order valence-corrected chi connectivity index (χ2v) is 5.42. The van der Waals surface area contributed by atoms with Crippen LogP contribution in [0.15, 0.2) is 17.2 Å². The molecule has 106 valence electrons. The molecule has 1 rings (SSSR count). The predicted molar refractivity (Wildman–Crippen MR) is 82.6 cm³/mol. The highest BCUT2D eigenvalue weighted by atomic mass is 32.1. The van der Waals surface area contributed by atoms with Crippen molar-refractivity contribution < 1.29 is 0 Å². The normalized spacial score (nSPS) is 10.7. The third-order valence-electron chi connectivity index (χ3n) is 2.75. The van der Waals surface area contributed by atoms with Crippen LogP contribution in [0, 0.1) is 5.92 Å². The molecule has 0 unspecified atom stereocenters. The summed E-state index contributed by atoms with van der Waals surface area (Å²) in [6.07, 6.45) is 3.95. The van der Waals surface area contributed by atoms with Crippen LogP contribution in [0.3, 0.4) is 0 Å². The molecular formula is C13H22N4OS. The zero-order valence-corrected chi connectivity index (χ0v) is 12.6. The lowest BCUT2D eigenvalue weighted by Crippen LogP contribution is -2.37. The Morgan fingerprint density at radius 1 is 1.58 bits per heavy atom. The Morgan fingerprint density at radius 2 is 2.26 bits per heavy atom. The van der Waals surface area contributed by atoms with Crippen LogP contribution in [0.25, 0.3) is 0 Å². The van der Waals surface area contributed by atoms with Crippen molar-refractivity contribution in [3.8, 4) is 0 Å². The number of anilines is 1. The number of nitrogens with two attached hydrogens (primary N) is 1. The van der Waals surface area contributed by atoms with E-state index in [1.165, 1.54) is 0 Å². The molecule has 6 heteroatoms. The van der Waals surface area contributed by atoms with Gasteiger partial charge < -0.3 is 15.2 Å². The van der Waals surface area contributed by atoms with E-state index in [4.69, 9.17) is 18.0 Å². The monoisotopic (exact) mass is 282 g/mol. The van der Waals surface area contributed by atoms with E-state index in [2.05, 4.69) is 18.8 Å². The molecule has 5 nitrogen and oxygen atoms in total. The number of hydrogen-bond acceptors (Lipinski definition) is 4. The molecule has 0 aromatic carbocycles. The van der Waals surface area contributed by atoms with Gasteiger partial charge in [-0.25, -0.2) is 4.98 Å². The minimum absolute atomic E-state index is 0.0615. The van der Waals surface area contributed by atoms with Gasteiger partial charge in [-0.15, -0.1) is 0 Å². The highest BCUT2D eigenvalue weighted by Crippen LogP contribution is 2.08. The maximum absolute atomic E-state index is 12.3. The Kier molecular flexibility index (Phi) is 5.95. The molecule has 1 aromatic rings. The van der Waals surface area contributed by atoms with E-state index in [1.54, 1.807) is 17.0 Å². The topological polar surface area (TPSA) is 64.2 Å². The summed E-state index contributed by atoms with van der Waals surface area (Å²) in [5, 5.41) is 0. The van der Waals surface area contributed by atoms with Crippen molar-refractivity contribution >= 4 is 23.0 Å². The second kappa shape index (κ2) is 7.23. The lowest BCUT2D eigenvalue weighted by atomic mass is 10.2. The van der Waals surface area contributed by atoms with E-state index in [0.717, 1.165) is 6.54 Å². The smallest absolute Gasteiger partial charge is 0.293 e. The molecule has 0 amide bonds. The van der Waals surface area contributed by atoms with Crippen LogP contribution in [0.2, 0.25) is 0 Å². The molecule has 1 heterocycles. The zero-order valence-electron chi connectivity index (χ0n) is 11.8. The molecule has 0 bridgehead atoms. The van der Waals surface area contributed by atoms with Crippen LogP contribution in [-0.4, -0.2) is 27.6 Å². The lowest BCUT2D eigenvalue weighted by molar-refractivity contribution is 0.601. The van der Waals surface area contributed by atoms with Crippen LogP contribution in [0.5, 0.6) is 0 Å². The van der Waals surface area contributed by atoms with Crippen molar-refractivity contribution in [3.05, 3.63) is 22.7 Å². The largest absolute Gasteiger partial charge is 0.393 e. The minimum atomic E-state index is -0.0615. The summed E-state index contributed by atoms with van der Waals surface area (Å²) in [5.74, 6) is 0.914. The van der Waals surface area contributed by atoms with Crippen molar-refractivity contribution in [2.75, 3.05) is 18.0 Å². The van der Waals surface area contributed by atoms with Crippen molar-refractivity contribution in [2.45, 2.75) is 33.7 Å². The summed E-state index contributed by atoms with van der Waals surface area (Å²) in [7, 11) is 0. The molecule has 1 aromatic heterocycles. The number of hydrogen-bond donors (Lipinski definition) is 1. The molecule has 0 spiro atoms. The molecule has 0 aliphatic carbocycles. The highest BCUT2D eigenvalue weighted by molar-refractivity contribution is 7.80. The van der Waals surface area contributed by atoms with Crippen LogP contribution >= 0.6 is 12.2 Å². The number of aryl methyl sites for hydroxylation is 1. The number of nitrogens with zero attached hydrogens (tertiary/aromatic N) is 3. The average Bonchev–Trinajstić information content (AvgIpc) is 2.34. The van der Waals surface area contributed by atoms with Gasteiger partial charge in [-0.2, -0.15) is 0 Å². The van der Waals surface area contributed by atoms with E-state index in [1.807, 2.05) is 11.8 Å². The maximum atomic E-state index is 12.3. The highest BCUT2D eigenvalue weighted by Gasteiger charge is 2.14. The van der Waals surface area contributed by atoms with E-state index >= 15 is 0 Å². The van der Waals surface area contributed by atoms with Gasteiger partial charge >= 0.3 is 0 Å². The number of aromatic nitrogens is 2. The Morgan fingerprint density at radius 3 is 2.79 bits per heavy atom. The quantitative estimate of drug-likeness (QED) is 0.766. The van der Waals surface area contributed by atoms with Gasteiger partial charge in [0.2, 0.25) is 0 Å². The first-order valence-electron chi connectivity index (χ1n) is 6.54. The number of thiocarbonyl (C=S) groups is 1. The van der Waals surface area contributed by atoms with Crippen molar-refractivity contribution in [2.24, 2.45) is 11.7 Å². The molecule has 2 N–H and O–H groups in total. The van der Waals surface area contributed by atoms with Gasteiger partial charge in [-0.3, -0.25) is 4.79 Å². The van der Waals surface area contributed by atoms with Crippen molar-refractivity contribution in [1.82, 2.24) is 9.55 Å². The molecule has 0 atom stereocenters. The Balaban J connectivity index is 3.02. The molecule has 0 aliphatic rings. The second-order valence-electron chi connectivity index (χ2n) is 4.90. The fraction of sp³-hybridized carbons (Fsp3) is 0.615. The van der Waals surface area contributed by atoms with E-state index in [9.17, 15) is 4.79 Å². The fourth-order valence-electron chi connectivity index (χ4n) is 1.87. The summed E-state index contributed by atoms with van der Waals surface area (Å²) >= 11 is 4.91. The van der Waals surface area contributed by atoms with Crippen molar-refractivity contribution in [1.29, 1.82) is 0 Å². The average molecular weight is 282 g/mol. The van der Waals surface area contributed by atoms with Gasteiger partial charge in [-0.05, 0) is 12.8 Å². The summed E-state index contributed by atoms with van der Waals surface area (Å²) in [5.41, 5.74) is 5.48. The van der Waals surface area contributed by atoms with Gasteiger partial charge in [0.25, 0.3) is 5.56 Å². The van der Waals surface area contributed by atoms with Gasteiger partial charge in [0.15, 0.2) is 5.82 Å². The standard InChI is InChI=1S/C13H22N4OS/c1-4-16-8-6-15-12(13(16)18)17(9-10(2)3)7-5-11(14)19/h6,8,10H,4-5,7,9H2,1-3H3,(H2,14,19). The number of rotatable bonds is 7. The van der Waals surface area contributed by atoms with Gasteiger partial charge in [0.1, 0.15) is 0 Å². The summed E-state index contributed by atoms with van der Waals surface area (Å²) in [6, 6.07) is 0. The van der Waals surface area contributed by atoms with Crippen LogP contribution < -0.4 is 16.2 Å². The Labute approximate surface area is 119 Å². The first-order valence-corrected chi connectivity index (χ1v) is 6.95. The zero-order chi connectivity index (χ0) is 14.4. The van der Waals surface area contributed by atoms with Gasteiger partial charge in [0, 0.05) is 38.4 Å². The van der Waals surface area contributed by atoms with E-state index < -0.39 is 0 Å². The SMILES string of the molecule is CCn1ccnc(N(CCC(N)=S)CC(C)C)c1=O. The van der Waals surface area contributed by atoms with Crippen LogP contribution in [0.4, 0.5) is 5.82 Å². The molecule has 0 saturated heterocycles. The Bertz CT molecular complexity index is 484. The molecular weight excluding hydrogens is 260 g/mol. The van der Waals surface area contributed by atoms with E-state index in [0.29, 0.717) is 36.2 Å². The first-order chi connectivity index (χ1) is 8.95. The summed E-state index contributed by atoms with van der Waals surface area (Å²) in [4.78, 5) is 18.9. The lowest BCUT2D eigenvalue weighted by Gasteiger charge is -2.25. The van der Waals surface area contributed by atoms with Crippen LogP contribution in [-0.2, 0) is 6.54 Å². The van der Waals surface area contributed by atoms with Gasteiger partial charge in [-0.1, -0.05) is 26.1 Å². The third-order valence-corrected chi connectivity index (χ3v) is 2.95. The molecule has 0 fully saturated rings. The third kappa shape index (κ3) is 4.63. The van der Waals surface area contributed by atoms with Crippen molar-refractivity contribution in [3.63, 3.8) is 0 Å². The Hall–Kier alpha value is -1.43.